The molecular formula is C11H9BFNO3S. The third kappa shape index (κ3) is 1.99. The van der Waals surface area contributed by atoms with E-state index in [2.05, 4.69) is 4.98 Å². The minimum Gasteiger partial charge on any atom is -0.477 e. The molecule has 1 fully saturated rings. The summed E-state index contributed by atoms with van der Waals surface area (Å²) in [5.41, 5.74) is 0.608. The van der Waals surface area contributed by atoms with E-state index in [1.54, 1.807) is 6.07 Å². The van der Waals surface area contributed by atoms with E-state index in [4.69, 9.17) is 9.47 Å². The Morgan fingerprint density at radius 3 is 3.11 bits per heavy atom. The number of benzene rings is 1. The molecule has 2 aromatic rings. The van der Waals surface area contributed by atoms with E-state index in [9.17, 15) is 9.18 Å². The zero-order valence-corrected chi connectivity index (χ0v) is 10.4. The van der Waals surface area contributed by atoms with Crippen molar-refractivity contribution in [1.29, 1.82) is 0 Å². The van der Waals surface area contributed by atoms with Crippen LogP contribution in [0.1, 0.15) is 0 Å². The maximum Gasteiger partial charge on any atom is 0.201 e. The van der Waals surface area contributed by atoms with Crippen LogP contribution in [0.4, 0.5) is 4.39 Å². The monoisotopic (exact) mass is 265 g/mol. The van der Waals surface area contributed by atoms with Gasteiger partial charge in [-0.25, -0.2) is 4.39 Å². The van der Waals surface area contributed by atoms with Crippen LogP contribution in [0.5, 0.6) is 5.75 Å². The van der Waals surface area contributed by atoms with Gasteiger partial charge in [-0.05, 0) is 0 Å². The van der Waals surface area contributed by atoms with E-state index in [1.165, 1.54) is 17.4 Å². The standard InChI is InChI=1S/C11H9BFNO3S/c12-11-14-6-1-5(13)8(2-10(6)18-11)17-9-4-16-3-7(9)15/h1-2,9H,3-4,12H2. The molecule has 1 saturated heterocycles. The molecular weight excluding hydrogens is 256 g/mol. The van der Waals surface area contributed by atoms with Crippen molar-refractivity contribution >= 4 is 40.1 Å². The fourth-order valence-corrected chi connectivity index (χ4v) is 2.68. The predicted octanol–water partition coefficient (Wildman–Crippen LogP) is 0.0405. The van der Waals surface area contributed by atoms with Gasteiger partial charge in [-0.15, -0.1) is 11.3 Å². The van der Waals surface area contributed by atoms with Gasteiger partial charge in [0.15, 0.2) is 25.5 Å². The van der Waals surface area contributed by atoms with Gasteiger partial charge in [-0.2, -0.15) is 0 Å². The Hall–Kier alpha value is -1.47. The van der Waals surface area contributed by atoms with Crippen LogP contribution in [-0.4, -0.2) is 37.9 Å². The fraction of sp³-hybridized carbons (Fsp3) is 0.273. The lowest BCUT2D eigenvalue weighted by molar-refractivity contribution is -0.122. The third-order valence-electron chi connectivity index (χ3n) is 2.69. The number of nitrogens with zero attached hydrogens (tertiary/aromatic N) is 1. The van der Waals surface area contributed by atoms with E-state index < -0.39 is 11.9 Å². The topological polar surface area (TPSA) is 48.4 Å². The van der Waals surface area contributed by atoms with Crippen LogP contribution in [0.15, 0.2) is 12.1 Å². The number of carbonyl (C=O) groups is 1. The van der Waals surface area contributed by atoms with Gasteiger partial charge >= 0.3 is 0 Å². The highest BCUT2D eigenvalue weighted by Crippen LogP contribution is 2.27. The molecule has 2 heterocycles. The van der Waals surface area contributed by atoms with Gasteiger partial charge in [-0.1, -0.05) is 0 Å². The van der Waals surface area contributed by atoms with Crippen molar-refractivity contribution < 1.29 is 18.7 Å². The average molecular weight is 265 g/mol. The Morgan fingerprint density at radius 2 is 2.39 bits per heavy atom. The van der Waals surface area contributed by atoms with Gasteiger partial charge in [0.1, 0.15) is 6.61 Å². The maximum absolute atomic E-state index is 13.8. The number of carbonyl (C=O) groups excluding carboxylic acids is 1. The Kier molecular flexibility index (Phi) is 2.79. The summed E-state index contributed by atoms with van der Waals surface area (Å²) >= 11 is 1.46. The molecule has 7 heteroatoms. The number of fused-ring (bicyclic) bond motifs is 1. The predicted molar refractivity (Wildman–Crippen MR) is 68.0 cm³/mol. The molecule has 1 aliphatic rings. The van der Waals surface area contributed by atoms with Crippen molar-refractivity contribution in [2.75, 3.05) is 13.2 Å². The Bertz CT molecular complexity index is 630. The number of ether oxygens (including phenoxy) is 2. The van der Waals surface area contributed by atoms with E-state index in [0.717, 1.165) is 9.61 Å². The first-order chi connectivity index (χ1) is 8.63. The molecule has 1 aliphatic heterocycles. The summed E-state index contributed by atoms with van der Waals surface area (Å²) in [5, 5.41) is 0. The summed E-state index contributed by atoms with van der Waals surface area (Å²) in [4.78, 5) is 16.4. The lowest BCUT2D eigenvalue weighted by Crippen LogP contribution is -2.25. The largest absolute Gasteiger partial charge is 0.477 e. The lowest BCUT2D eigenvalue weighted by atomic mass is 10.2. The second-order valence-corrected chi connectivity index (χ2v) is 5.31. The quantitative estimate of drug-likeness (QED) is 0.719. The van der Waals surface area contributed by atoms with Crippen molar-refractivity contribution in [1.82, 2.24) is 4.98 Å². The van der Waals surface area contributed by atoms with Crippen molar-refractivity contribution in [2.24, 2.45) is 0 Å². The molecule has 0 saturated carbocycles. The molecule has 0 amide bonds. The molecule has 0 spiro atoms. The van der Waals surface area contributed by atoms with Crippen molar-refractivity contribution in [3.63, 3.8) is 0 Å². The number of hydrogen-bond acceptors (Lipinski definition) is 5. The van der Waals surface area contributed by atoms with Gasteiger partial charge in [0, 0.05) is 17.0 Å². The molecule has 0 bridgehead atoms. The number of halogens is 1. The van der Waals surface area contributed by atoms with E-state index >= 15 is 0 Å². The first kappa shape index (κ1) is 11.6. The highest BCUT2D eigenvalue weighted by molar-refractivity contribution is 7.25. The van der Waals surface area contributed by atoms with Crippen LogP contribution in [-0.2, 0) is 9.53 Å². The normalized spacial score (nSPS) is 19.6. The van der Waals surface area contributed by atoms with E-state index in [0.29, 0.717) is 5.52 Å². The Labute approximate surface area is 107 Å². The number of thiazole rings is 1. The first-order valence-electron chi connectivity index (χ1n) is 5.47. The second kappa shape index (κ2) is 4.33. The SMILES string of the molecule is Bc1nc2cc(F)c(OC3COCC3=O)cc2s1. The molecule has 18 heavy (non-hydrogen) atoms. The van der Waals surface area contributed by atoms with E-state index in [1.807, 2.05) is 7.85 Å². The molecule has 1 atom stereocenters. The lowest BCUT2D eigenvalue weighted by Gasteiger charge is -2.11. The van der Waals surface area contributed by atoms with Gasteiger partial charge in [-0.3, -0.25) is 9.78 Å². The zero-order chi connectivity index (χ0) is 12.7. The molecule has 0 aliphatic carbocycles. The van der Waals surface area contributed by atoms with Gasteiger partial charge in [0.05, 0.1) is 16.8 Å². The Balaban J connectivity index is 1.95. The van der Waals surface area contributed by atoms with Crippen molar-refractivity contribution in [2.45, 2.75) is 6.10 Å². The number of Topliss-reactive ketones (excluding diaryl/α,β-unsaturated/α-hetero) is 1. The maximum atomic E-state index is 13.8. The number of hydrogen-bond donors (Lipinski definition) is 0. The molecule has 1 aromatic heterocycles. The molecule has 0 N–H and O–H groups in total. The molecule has 1 unspecified atom stereocenters. The van der Waals surface area contributed by atoms with Crippen molar-refractivity contribution in [3.05, 3.63) is 17.9 Å². The van der Waals surface area contributed by atoms with Gasteiger partial charge in [0.25, 0.3) is 0 Å². The highest BCUT2D eigenvalue weighted by atomic mass is 32.1. The van der Waals surface area contributed by atoms with Crippen molar-refractivity contribution in [3.8, 4) is 5.75 Å². The summed E-state index contributed by atoms with van der Waals surface area (Å²) in [7, 11) is 1.86. The second-order valence-electron chi connectivity index (χ2n) is 4.07. The first-order valence-corrected chi connectivity index (χ1v) is 6.29. The zero-order valence-electron chi connectivity index (χ0n) is 9.60. The molecule has 3 rings (SSSR count). The molecule has 0 radical (unpaired) electrons. The third-order valence-corrected chi connectivity index (χ3v) is 3.62. The molecule has 1 aromatic carbocycles. The van der Waals surface area contributed by atoms with Gasteiger partial charge in [0.2, 0.25) is 5.78 Å². The van der Waals surface area contributed by atoms with Gasteiger partial charge < -0.3 is 9.47 Å². The van der Waals surface area contributed by atoms with Crippen LogP contribution in [0.3, 0.4) is 0 Å². The Morgan fingerprint density at radius 1 is 1.56 bits per heavy atom. The van der Waals surface area contributed by atoms with E-state index in [-0.39, 0.29) is 24.7 Å². The highest BCUT2D eigenvalue weighted by Gasteiger charge is 2.28. The van der Waals surface area contributed by atoms with Crippen LogP contribution >= 0.6 is 11.3 Å². The summed E-state index contributed by atoms with van der Waals surface area (Å²) in [5.74, 6) is -0.586. The molecule has 4 nitrogen and oxygen atoms in total. The van der Waals surface area contributed by atoms with Crippen LogP contribution < -0.4 is 9.64 Å². The minimum atomic E-state index is -0.703. The summed E-state index contributed by atoms with van der Waals surface area (Å²) in [6, 6.07) is 2.91. The number of rotatable bonds is 2. The minimum absolute atomic E-state index is 0.0359. The average Bonchev–Trinajstić information content (AvgIpc) is 2.85. The fourth-order valence-electron chi connectivity index (χ4n) is 1.84. The smallest absolute Gasteiger partial charge is 0.201 e. The summed E-state index contributed by atoms with van der Waals surface area (Å²) < 4.78 is 25.0. The van der Waals surface area contributed by atoms with Crippen LogP contribution in [0, 0.1) is 5.82 Å². The van der Waals surface area contributed by atoms with Crippen LogP contribution in [0.2, 0.25) is 0 Å². The number of aromatic nitrogens is 1. The summed E-state index contributed by atoms with van der Waals surface area (Å²) in [6.45, 7) is 0.215. The number of ketones is 1. The van der Waals surface area contributed by atoms with Crippen LogP contribution in [0.25, 0.3) is 10.2 Å². The molecule has 92 valence electrons. The summed E-state index contributed by atoms with van der Waals surface area (Å²) in [6.07, 6.45) is -0.703.